The third-order valence-corrected chi connectivity index (χ3v) is 4.88. The second kappa shape index (κ2) is 3.96. The summed E-state index contributed by atoms with van der Waals surface area (Å²) >= 11 is 12.1. The molecule has 1 aromatic rings. The van der Waals surface area contributed by atoms with Gasteiger partial charge in [0.2, 0.25) is 0 Å². The maximum absolute atomic E-state index is 6.08. The first kappa shape index (κ1) is 11.5. The molecule has 0 saturated heterocycles. The van der Waals surface area contributed by atoms with Crippen LogP contribution < -0.4 is 10.6 Å². The van der Waals surface area contributed by atoms with Crippen molar-refractivity contribution in [2.24, 2.45) is 5.41 Å². The Morgan fingerprint density at radius 3 is 2.71 bits per heavy atom. The fourth-order valence-electron chi connectivity index (χ4n) is 2.99. The number of fused-ring (bicyclic) bond motifs is 2. The van der Waals surface area contributed by atoms with E-state index in [1.165, 1.54) is 19.3 Å². The molecule has 0 radical (unpaired) electrons. The molecule has 2 aliphatic rings. The van der Waals surface area contributed by atoms with E-state index in [0.717, 1.165) is 17.9 Å². The summed E-state index contributed by atoms with van der Waals surface area (Å²) in [5, 5.41) is 8.34. The lowest BCUT2D eigenvalue weighted by atomic mass is 9.85. The van der Waals surface area contributed by atoms with Gasteiger partial charge in [-0.1, -0.05) is 36.5 Å². The highest BCUT2D eigenvalue weighted by Crippen LogP contribution is 2.44. The minimum atomic E-state index is 0.331. The summed E-state index contributed by atoms with van der Waals surface area (Å²) < 4.78 is 0. The lowest BCUT2D eigenvalue weighted by molar-refractivity contribution is 0.335. The normalized spacial score (nSPS) is 30.9. The van der Waals surface area contributed by atoms with Gasteiger partial charge in [0.1, 0.15) is 0 Å². The van der Waals surface area contributed by atoms with Crippen LogP contribution in [0.2, 0.25) is 10.0 Å². The Morgan fingerprint density at radius 1 is 1.24 bits per heavy atom. The average molecular weight is 271 g/mol. The molecule has 3 rings (SSSR count). The molecule has 17 heavy (non-hydrogen) atoms. The van der Waals surface area contributed by atoms with Crippen LogP contribution in [0.15, 0.2) is 12.1 Å². The van der Waals surface area contributed by atoms with Gasteiger partial charge in [0.15, 0.2) is 0 Å². The van der Waals surface area contributed by atoms with Gasteiger partial charge in [0.25, 0.3) is 0 Å². The number of nitrogens with one attached hydrogen (secondary N) is 2. The summed E-state index contributed by atoms with van der Waals surface area (Å²) in [6.07, 6.45) is 3.80. The van der Waals surface area contributed by atoms with Gasteiger partial charge in [0.05, 0.1) is 21.4 Å². The van der Waals surface area contributed by atoms with Gasteiger partial charge in [-0.25, -0.2) is 0 Å². The van der Waals surface area contributed by atoms with Gasteiger partial charge in [-0.2, -0.15) is 0 Å². The van der Waals surface area contributed by atoms with E-state index >= 15 is 0 Å². The van der Waals surface area contributed by atoms with E-state index in [1.54, 1.807) is 0 Å². The summed E-state index contributed by atoms with van der Waals surface area (Å²) in [4.78, 5) is 0. The summed E-state index contributed by atoms with van der Waals surface area (Å²) in [5.41, 5.74) is 2.47. The molecule has 0 spiro atoms. The van der Waals surface area contributed by atoms with Crippen LogP contribution in [0, 0.1) is 5.41 Å². The molecule has 0 amide bonds. The van der Waals surface area contributed by atoms with E-state index in [-0.39, 0.29) is 0 Å². The van der Waals surface area contributed by atoms with E-state index in [4.69, 9.17) is 23.2 Å². The van der Waals surface area contributed by atoms with Gasteiger partial charge in [0, 0.05) is 18.0 Å². The first-order valence-corrected chi connectivity index (χ1v) is 6.83. The van der Waals surface area contributed by atoms with Crippen molar-refractivity contribution in [3.63, 3.8) is 0 Å². The van der Waals surface area contributed by atoms with E-state index in [0.29, 0.717) is 21.5 Å². The fourth-order valence-corrected chi connectivity index (χ4v) is 3.32. The minimum Gasteiger partial charge on any atom is -0.383 e. The number of hydrogen-bond donors (Lipinski definition) is 2. The SMILES string of the molecule is CC12CCCC1Nc1cc(Cl)c(Cl)cc1NC2. The van der Waals surface area contributed by atoms with Gasteiger partial charge >= 0.3 is 0 Å². The first-order chi connectivity index (χ1) is 8.08. The quantitative estimate of drug-likeness (QED) is 0.731. The lowest BCUT2D eigenvalue weighted by Gasteiger charge is -2.29. The smallest absolute Gasteiger partial charge is 0.0614 e. The number of benzene rings is 1. The largest absolute Gasteiger partial charge is 0.383 e. The van der Waals surface area contributed by atoms with Gasteiger partial charge < -0.3 is 10.6 Å². The maximum Gasteiger partial charge on any atom is 0.0614 e. The summed E-state index contributed by atoms with van der Waals surface area (Å²) in [7, 11) is 0. The van der Waals surface area contributed by atoms with Crippen LogP contribution in [-0.4, -0.2) is 12.6 Å². The molecule has 1 aliphatic carbocycles. The Morgan fingerprint density at radius 2 is 1.94 bits per heavy atom. The zero-order valence-electron chi connectivity index (χ0n) is 9.82. The topological polar surface area (TPSA) is 24.1 Å². The third-order valence-electron chi connectivity index (χ3n) is 4.15. The molecule has 1 saturated carbocycles. The molecule has 1 heterocycles. The molecule has 2 atom stereocenters. The molecule has 2 nitrogen and oxygen atoms in total. The average Bonchev–Trinajstić information content (AvgIpc) is 2.58. The van der Waals surface area contributed by atoms with Crippen molar-refractivity contribution in [3.05, 3.63) is 22.2 Å². The number of anilines is 2. The molecule has 0 bridgehead atoms. The van der Waals surface area contributed by atoms with Crippen molar-refractivity contribution >= 4 is 34.6 Å². The third kappa shape index (κ3) is 1.88. The predicted octanol–water partition coefficient (Wildman–Crippen LogP) is 4.39. The molecule has 1 fully saturated rings. The highest BCUT2D eigenvalue weighted by Gasteiger charge is 2.40. The van der Waals surface area contributed by atoms with Crippen molar-refractivity contribution in [2.45, 2.75) is 32.2 Å². The number of rotatable bonds is 0. The molecule has 2 unspecified atom stereocenters. The van der Waals surface area contributed by atoms with E-state index in [1.807, 2.05) is 12.1 Å². The standard InChI is InChI=1S/C13H16Cl2N2/c1-13-4-2-3-12(13)17-11-6-9(15)8(14)5-10(11)16-7-13/h5-6,12,16-17H,2-4,7H2,1H3. The molecule has 92 valence electrons. The second-order valence-corrected chi connectivity index (χ2v) is 6.22. The Hall–Kier alpha value is -0.600. The van der Waals surface area contributed by atoms with Crippen LogP contribution in [-0.2, 0) is 0 Å². The van der Waals surface area contributed by atoms with Crippen LogP contribution in [0.4, 0.5) is 11.4 Å². The van der Waals surface area contributed by atoms with Crippen LogP contribution >= 0.6 is 23.2 Å². The second-order valence-electron chi connectivity index (χ2n) is 5.41. The van der Waals surface area contributed by atoms with Crippen molar-refractivity contribution in [1.82, 2.24) is 0 Å². The summed E-state index contributed by atoms with van der Waals surface area (Å²) in [6, 6.07) is 4.38. The van der Waals surface area contributed by atoms with Gasteiger partial charge in [-0.05, 0) is 25.0 Å². The van der Waals surface area contributed by atoms with Crippen molar-refractivity contribution in [1.29, 1.82) is 0 Å². The summed E-state index contributed by atoms with van der Waals surface area (Å²) in [6.45, 7) is 3.34. The molecule has 2 N–H and O–H groups in total. The fraction of sp³-hybridized carbons (Fsp3) is 0.538. The van der Waals surface area contributed by atoms with E-state index < -0.39 is 0 Å². The van der Waals surface area contributed by atoms with Gasteiger partial charge in [-0.15, -0.1) is 0 Å². The minimum absolute atomic E-state index is 0.331. The van der Waals surface area contributed by atoms with Crippen LogP contribution in [0.3, 0.4) is 0 Å². The van der Waals surface area contributed by atoms with E-state index in [2.05, 4.69) is 17.6 Å². The zero-order valence-corrected chi connectivity index (χ0v) is 11.3. The van der Waals surface area contributed by atoms with Crippen molar-refractivity contribution in [3.8, 4) is 0 Å². The Bertz CT molecular complexity index is 461. The first-order valence-electron chi connectivity index (χ1n) is 6.08. The monoisotopic (exact) mass is 270 g/mol. The van der Waals surface area contributed by atoms with Crippen LogP contribution in [0.5, 0.6) is 0 Å². The number of halogens is 2. The molecular formula is C13H16Cl2N2. The Balaban J connectivity index is 2.00. The van der Waals surface area contributed by atoms with Crippen molar-refractivity contribution < 1.29 is 0 Å². The van der Waals surface area contributed by atoms with Crippen molar-refractivity contribution in [2.75, 3.05) is 17.2 Å². The molecule has 1 aliphatic heterocycles. The highest BCUT2D eigenvalue weighted by atomic mass is 35.5. The Kier molecular flexibility index (Phi) is 2.68. The zero-order chi connectivity index (χ0) is 12.0. The molecule has 4 heteroatoms. The Labute approximate surface area is 112 Å². The lowest BCUT2D eigenvalue weighted by Crippen LogP contribution is -2.36. The molecule has 1 aromatic carbocycles. The van der Waals surface area contributed by atoms with Gasteiger partial charge in [-0.3, -0.25) is 0 Å². The van der Waals surface area contributed by atoms with E-state index in [9.17, 15) is 0 Å². The maximum atomic E-state index is 6.08. The molecule has 0 aromatic heterocycles. The highest BCUT2D eigenvalue weighted by molar-refractivity contribution is 6.42. The van der Waals surface area contributed by atoms with Crippen LogP contribution in [0.25, 0.3) is 0 Å². The van der Waals surface area contributed by atoms with Crippen LogP contribution in [0.1, 0.15) is 26.2 Å². The predicted molar refractivity (Wildman–Crippen MR) is 74.3 cm³/mol. The summed E-state index contributed by atoms with van der Waals surface area (Å²) in [5.74, 6) is 0. The molecular weight excluding hydrogens is 255 g/mol. The number of hydrogen-bond acceptors (Lipinski definition) is 2.